The molecule has 3 nitrogen and oxygen atoms in total. The van der Waals surface area contributed by atoms with E-state index in [0.29, 0.717) is 5.69 Å². The summed E-state index contributed by atoms with van der Waals surface area (Å²) < 4.78 is 1.83. The highest BCUT2D eigenvalue weighted by molar-refractivity contribution is 5.53. The van der Waals surface area contributed by atoms with Crippen molar-refractivity contribution < 1.29 is 0 Å². The van der Waals surface area contributed by atoms with Crippen LogP contribution in [0.2, 0.25) is 0 Å². The first kappa shape index (κ1) is 9.72. The van der Waals surface area contributed by atoms with Gasteiger partial charge in [0.2, 0.25) is 0 Å². The zero-order chi connectivity index (χ0) is 11.1. The molecule has 3 heteroatoms. The fourth-order valence-corrected chi connectivity index (χ4v) is 1.68. The SMILES string of the molecule is CC(C)(C)c1cccn2c(C#N)cnc12. The van der Waals surface area contributed by atoms with Gasteiger partial charge < -0.3 is 0 Å². The lowest BCUT2D eigenvalue weighted by Crippen LogP contribution is -2.13. The van der Waals surface area contributed by atoms with Gasteiger partial charge in [-0.05, 0) is 11.5 Å². The maximum absolute atomic E-state index is 8.91. The molecule has 0 saturated carbocycles. The molecule has 15 heavy (non-hydrogen) atoms. The molecule has 0 radical (unpaired) electrons. The highest BCUT2D eigenvalue weighted by Crippen LogP contribution is 2.25. The van der Waals surface area contributed by atoms with Crippen molar-refractivity contribution in [3.63, 3.8) is 0 Å². The van der Waals surface area contributed by atoms with Crippen molar-refractivity contribution in [2.75, 3.05) is 0 Å². The second-order valence-electron chi connectivity index (χ2n) is 4.62. The maximum atomic E-state index is 8.91. The molecular weight excluding hydrogens is 186 g/mol. The Morgan fingerprint density at radius 3 is 2.73 bits per heavy atom. The van der Waals surface area contributed by atoms with Crippen LogP contribution in [0.25, 0.3) is 5.65 Å². The second-order valence-corrected chi connectivity index (χ2v) is 4.62. The van der Waals surface area contributed by atoms with Crippen molar-refractivity contribution in [1.82, 2.24) is 9.38 Å². The van der Waals surface area contributed by atoms with Gasteiger partial charge in [-0.1, -0.05) is 26.8 Å². The molecule has 76 valence electrons. The van der Waals surface area contributed by atoms with Gasteiger partial charge in [-0.15, -0.1) is 0 Å². The van der Waals surface area contributed by atoms with Crippen molar-refractivity contribution >= 4 is 5.65 Å². The Balaban J connectivity index is 2.80. The Morgan fingerprint density at radius 2 is 2.13 bits per heavy atom. The van der Waals surface area contributed by atoms with Crippen molar-refractivity contribution in [3.05, 3.63) is 35.8 Å². The number of aromatic nitrogens is 2. The van der Waals surface area contributed by atoms with Crippen LogP contribution in [0.15, 0.2) is 24.5 Å². The normalized spacial score (nSPS) is 11.6. The Kier molecular flexibility index (Phi) is 2.01. The zero-order valence-corrected chi connectivity index (χ0v) is 9.15. The molecule has 0 aliphatic rings. The molecule has 0 N–H and O–H groups in total. The Morgan fingerprint density at radius 1 is 1.40 bits per heavy atom. The van der Waals surface area contributed by atoms with Crippen molar-refractivity contribution in [2.24, 2.45) is 0 Å². The molecular formula is C12H13N3. The molecule has 0 amide bonds. The lowest BCUT2D eigenvalue weighted by atomic mass is 9.88. The number of rotatable bonds is 0. The van der Waals surface area contributed by atoms with Crippen molar-refractivity contribution in [2.45, 2.75) is 26.2 Å². The molecule has 0 saturated heterocycles. The number of nitrogens with zero attached hydrogens (tertiary/aromatic N) is 3. The van der Waals surface area contributed by atoms with E-state index in [9.17, 15) is 0 Å². The smallest absolute Gasteiger partial charge is 0.144 e. The van der Waals surface area contributed by atoms with Gasteiger partial charge in [-0.3, -0.25) is 4.40 Å². The minimum absolute atomic E-state index is 0.0423. The van der Waals surface area contributed by atoms with Crippen LogP contribution < -0.4 is 0 Å². The summed E-state index contributed by atoms with van der Waals surface area (Å²) in [6, 6.07) is 6.14. The van der Waals surface area contributed by atoms with Gasteiger partial charge in [0.15, 0.2) is 0 Å². The highest BCUT2D eigenvalue weighted by Gasteiger charge is 2.18. The van der Waals surface area contributed by atoms with Crippen LogP contribution in [0, 0.1) is 11.3 Å². The van der Waals surface area contributed by atoms with E-state index in [4.69, 9.17) is 5.26 Å². The number of pyridine rings is 1. The Bertz CT molecular complexity index is 538. The standard InChI is InChI=1S/C12H13N3/c1-12(2,3)10-5-4-6-15-9(7-13)8-14-11(10)15/h4-6,8H,1-3H3. The summed E-state index contributed by atoms with van der Waals surface area (Å²) in [4.78, 5) is 4.30. The van der Waals surface area contributed by atoms with Gasteiger partial charge in [-0.2, -0.15) is 5.26 Å². The Labute approximate surface area is 89.0 Å². The minimum atomic E-state index is 0.0423. The fraction of sp³-hybridized carbons (Fsp3) is 0.333. The molecule has 0 fully saturated rings. The van der Waals surface area contributed by atoms with Crippen molar-refractivity contribution in [1.29, 1.82) is 5.26 Å². The zero-order valence-electron chi connectivity index (χ0n) is 9.15. The highest BCUT2D eigenvalue weighted by atomic mass is 15.0. The monoisotopic (exact) mass is 199 g/mol. The molecule has 2 rings (SSSR count). The number of imidazole rings is 1. The van der Waals surface area contributed by atoms with E-state index >= 15 is 0 Å². The van der Waals surface area contributed by atoms with Crippen molar-refractivity contribution in [3.8, 4) is 6.07 Å². The molecule has 2 aromatic rings. The summed E-state index contributed by atoms with van der Waals surface area (Å²) in [6.45, 7) is 6.43. The summed E-state index contributed by atoms with van der Waals surface area (Å²) in [7, 11) is 0. The first-order chi connectivity index (χ1) is 7.04. The van der Waals surface area contributed by atoms with E-state index in [1.807, 2.05) is 16.7 Å². The van der Waals surface area contributed by atoms with Gasteiger partial charge in [0.05, 0.1) is 6.20 Å². The van der Waals surface area contributed by atoms with Crippen LogP contribution in [0.5, 0.6) is 0 Å². The molecule has 0 unspecified atom stereocenters. The average Bonchev–Trinajstić information content (AvgIpc) is 2.58. The summed E-state index contributed by atoms with van der Waals surface area (Å²) >= 11 is 0. The van der Waals surface area contributed by atoms with Gasteiger partial charge in [0.25, 0.3) is 0 Å². The third-order valence-corrected chi connectivity index (χ3v) is 2.46. The van der Waals surface area contributed by atoms with Crippen LogP contribution in [0.3, 0.4) is 0 Å². The number of fused-ring (bicyclic) bond motifs is 1. The molecule has 2 heterocycles. The van der Waals surface area contributed by atoms with Crippen LogP contribution in [0.1, 0.15) is 32.0 Å². The van der Waals surface area contributed by atoms with Crippen LogP contribution >= 0.6 is 0 Å². The van der Waals surface area contributed by atoms with E-state index in [-0.39, 0.29) is 5.41 Å². The van der Waals surface area contributed by atoms with Crippen LogP contribution in [0.4, 0.5) is 0 Å². The molecule has 2 aromatic heterocycles. The van der Waals surface area contributed by atoms with E-state index < -0.39 is 0 Å². The largest absolute Gasteiger partial charge is 0.291 e. The molecule has 0 aliphatic carbocycles. The maximum Gasteiger partial charge on any atom is 0.144 e. The van der Waals surface area contributed by atoms with Crippen LogP contribution in [-0.2, 0) is 5.41 Å². The van der Waals surface area contributed by atoms with Gasteiger partial charge in [0.1, 0.15) is 17.4 Å². The summed E-state index contributed by atoms with van der Waals surface area (Å²) in [5, 5.41) is 8.91. The van der Waals surface area contributed by atoms with E-state index in [1.54, 1.807) is 6.20 Å². The van der Waals surface area contributed by atoms with E-state index in [1.165, 1.54) is 0 Å². The summed E-state index contributed by atoms with van der Waals surface area (Å²) in [5.41, 5.74) is 2.66. The molecule has 0 aliphatic heterocycles. The second kappa shape index (κ2) is 3.09. The fourth-order valence-electron chi connectivity index (χ4n) is 1.68. The molecule has 0 bridgehead atoms. The lowest BCUT2D eigenvalue weighted by Gasteiger charge is -2.19. The number of hydrogen-bond acceptors (Lipinski definition) is 2. The van der Waals surface area contributed by atoms with Gasteiger partial charge in [0, 0.05) is 11.8 Å². The van der Waals surface area contributed by atoms with Gasteiger partial charge >= 0.3 is 0 Å². The van der Waals surface area contributed by atoms with Gasteiger partial charge in [-0.25, -0.2) is 4.98 Å². The molecule has 0 atom stereocenters. The number of nitriles is 1. The van der Waals surface area contributed by atoms with Crippen LogP contribution in [-0.4, -0.2) is 9.38 Å². The first-order valence-electron chi connectivity index (χ1n) is 4.90. The van der Waals surface area contributed by atoms with E-state index in [2.05, 4.69) is 37.9 Å². The third kappa shape index (κ3) is 1.48. The molecule has 0 spiro atoms. The topological polar surface area (TPSA) is 41.1 Å². The third-order valence-electron chi connectivity index (χ3n) is 2.46. The summed E-state index contributed by atoms with van der Waals surface area (Å²) in [6.07, 6.45) is 3.49. The Hall–Kier alpha value is -1.82. The first-order valence-corrected chi connectivity index (χ1v) is 4.90. The number of hydrogen-bond donors (Lipinski definition) is 0. The average molecular weight is 199 g/mol. The predicted molar refractivity (Wildman–Crippen MR) is 58.6 cm³/mol. The minimum Gasteiger partial charge on any atom is -0.291 e. The lowest BCUT2D eigenvalue weighted by molar-refractivity contribution is 0.591. The molecule has 0 aromatic carbocycles. The van der Waals surface area contributed by atoms with E-state index in [0.717, 1.165) is 11.2 Å². The quantitative estimate of drug-likeness (QED) is 0.654. The summed E-state index contributed by atoms with van der Waals surface area (Å²) in [5.74, 6) is 0. The predicted octanol–water partition coefficient (Wildman–Crippen LogP) is 2.50.